The second-order valence-corrected chi connectivity index (χ2v) is 6.25. The van der Waals surface area contributed by atoms with Crippen molar-refractivity contribution in [3.63, 3.8) is 0 Å². The lowest BCUT2D eigenvalue weighted by Gasteiger charge is -2.07. The molecule has 0 aliphatic carbocycles. The van der Waals surface area contributed by atoms with Crippen LogP contribution in [-0.2, 0) is 10.0 Å². The standard InChI is InChI=1S/C14H12N4O3S/c15-13(19)9-3-5-10(6-4-9)18-22(20,21)12-8-17-14-11(12)2-1-7-16-14/h1-8,18H,(H2,15,19)(H,16,17). The van der Waals surface area contributed by atoms with Crippen LogP contribution >= 0.6 is 0 Å². The molecule has 22 heavy (non-hydrogen) atoms. The maximum Gasteiger partial charge on any atom is 0.264 e. The van der Waals surface area contributed by atoms with E-state index in [2.05, 4.69) is 14.7 Å². The van der Waals surface area contributed by atoms with Crippen molar-refractivity contribution < 1.29 is 13.2 Å². The van der Waals surface area contributed by atoms with Crippen molar-refractivity contribution >= 4 is 32.7 Å². The number of aromatic nitrogens is 2. The Hall–Kier alpha value is -2.87. The fraction of sp³-hybridized carbons (Fsp3) is 0. The zero-order valence-electron chi connectivity index (χ0n) is 11.3. The van der Waals surface area contributed by atoms with Crippen molar-refractivity contribution in [2.75, 3.05) is 4.72 Å². The van der Waals surface area contributed by atoms with Crippen LogP contribution in [0.4, 0.5) is 5.69 Å². The van der Waals surface area contributed by atoms with E-state index < -0.39 is 15.9 Å². The lowest BCUT2D eigenvalue weighted by molar-refractivity contribution is 0.100. The van der Waals surface area contributed by atoms with E-state index in [0.29, 0.717) is 22.3 Å². The number of hydrogen-bond acceptors (Lipinski definition) is 4. The van der Waals surface area contributed by atoms with Crippen LogP contribution in [0.1, 0.15) is 10.4 Å². The Labute approximate surface area is 126 Å². The van der Waals surface area contributed by atoms with E-state index in [4.69, 9.17) is 5.73 Å². The Kier molecular flexibility index (Phi) is 3.30. The first kappa shape index (κ1) is 14.1. The summed E-state index contributed by atoms with van der Waals surface area (Å²) in [6.45, 7) is 0. The zero-order chi connectivity index (χ0) is 15.7. The van der Waals surface area contributed by atoms with Gasteiger partial charge in [0.05, 0.1) is 0 Å². The number of anilines is 1. The molecule has 4 N–H and O–H groups in total. The van der Waals surface area contributed by atoms with Crippen molar-refractivity contribution in [3.8, 4) is 0 Å². The number of pyridine rings is 1. The maximum atomic E-state index is 12.4. The SMILES string of the molecule is NC(=O)c1ccc(NS(=O)(=O)c2c[nH]c3ncccc23)cc1. The molecule has 7 nitrogen and oxygen atoms in total. The number of carbonyl (C=O) groups is 1. The summed E-state index contributed by atoms with van der Waals surface area (Å²) in [7, 11) is -3.77. The molecule has 3 rings (SSSR count). The number of rotatable bonds is 4. The molecule has 0 saturated heterocycles. The van der Waals surface area contributed by atoms with Crippen LogP contribution in [0.2, 0.25) is 0 Å². The van der Waals surface area contributed by atoms with Gasteiger partial charge in [-0.3, -0.25) is 9.52 Å². The molecule has 2 aromatic heterocycles. The van der Waals surface area contributed by atoms with E-state index in [1.807, 2.05) is 0 Å². The monoisotopic (exact) mass is 316 g/mol. The predicted octanol–water partition coefficient (Wildman–Crippen LogP) is 1.46. The highest BCUT2D eigenvalue weighted by atomic mass is 32.2. The normalized spacial score (nSPS) is 11.5. The van der Waals surface area contributed by atoms with Gasteiger partial charge >= 0.3 is 0 Å². The third-order valence-electron chi connectivity index (χ3n) is 3.12. The van der Waals surface area contributed by atoms with Crippen molar-refractivity contribution in [1.29, 1.82) is 0 Å². The van der Waals surface area contributed by atoms with E-state index >= 15 is 0 Å². The number of carbonyl (C=O) groups excluding carboxylic acids is 1. The number of benzene rings is 1. The fourth-order valence-corrected chi connectivity index (χ4v) is 3.29. The highest BCUT2D eigenvalue weighted by molar-refractivity contribution is 7.93. The molecule has 8 heteroatoms. The number of nitrogens with two attached hydrogens (primary N) is 1. The van der Waals surface area contributed by atoms with Gasteiger partial charge in [0.1, 0.15) is 10.5 Å². The van der Waals surface area contributed by atoms with E-state index in [0.717, 1.165) is 0 Å². The molecule has 112 valence electrons. The molecule has 0 saturated carbocycles. The Morgan fingerprint density at radius 3 is 2.59 bits per heavy atom. The van der Waals surface area contributed by atoms with Crippen molar-refractivity contribution in [3.05, 3.63) is 54.4 Å². The molecule has 0 fully saturated rings. The van der Waals surface area contributed by atoms with Crippen LogP contribution in [-0.4, -0.2) is 24.3 Å². The second kappa shape index (κ2) is 5.15. The minimum absolute atomic E-state index is 0.106. The summed E-state index contributed by atoms with van der Waals surface area (Å²) in [5.41, 5.74) is 6.28. The highest BCUT2D eigenvalue weighted by Crippen LogP contribution is 2.23. The molecule has 0 spiro atoms. The van der Waals surface area contributed by atoms with Gasteiger partial charge in [-0.05, 0) is 36.4 Å². The topological polar surface area (TPSA) is 118 Å². The number of sulfonamides is 1. The Morgan fingerprint density at radius 1 is 1.18 bits per heavy atom. The summed E-state index contributed by atoms with van der Waals surface area (Å²) >= 11 is 0. The minimum atomic E-state index is -3.77. The summed E-state index contributed by atoms with van der Waals surface area (Å²) < 4.78 is 27.3. The Bertz CT molecular complexity index is 946. The van der Waals surface area contributed by atoms with Crippen LogP contribution < -0.4 is 10.5 Å². The number of fused-ring (bicyclic) bond motifs is 1. The average Bonchev–Trinajstić information content (AvgIpc) is 2.92. The molecule has 0 radical (unpaired) electrons. The lowest BCUT2D eigenvalue weighted by Crippen LogP contribution is -2.13. The van der Waals surface area contributed by atoms with Crippen LogP contribution in [0.3, 0.4) is 0 Å². The molecule has 0 unspecified atom stereocenters. The summed E-state index contributed by atoms with van der Waals surface area (Å²) in [6, 6.07) is 9.20. The van der Waals surface area contributed by atoms with Gasteiger partial charge in [0.15, 0.2) is 0 Å². The largest absolute Gasteiger partial charge is 0.366 e. The van der Waals surface area contributed by atoms with Crippen LogP contribution in [0.25, 0.3) is 11.0 Å². The van der Waals surface area contributed by atoms with Crippen LogP contribution in [0.5, 0.6) is 0 Å². The summed E-state index contributed by atoms with van der Waals surface area (Å²) in [5.74, 6) is -0.572. The molecule has 2 heterocycles. The van der Waals surface area contributed by atoms with Crippen LogP contribution in [0, 0.1) is 0 Å². The van der Waals surface area contributed by atoms with Gasteiger partial charge in [0.2, 0.25) is 5.91 Å². The van der Waals surface area contributed by atoms with Gasteiger partial charge in [0, 0.05) is 29.0 Å². The van der Waals surface area contributed by atoms with Gasteiger partial charge in [-0.15, -0.1) is 0 Å². The van der Waals surface area contributed by atoms with Gasteiger partial charge in [0.25, 0.3) is 10.0 Å². The van der Waals surface area contributed by atoms with E-state index in [1.165, 1.54) is 30.5 Å². The number of aromatic amines is 1. The number of nitrogens with one attached hydrogen (secondary N) is 2. The average molecular weight is 316 g/mol. The summed E-state index contributed by atoms with van der Waals surface area (Å²) in [5, 5.41) is 0.503. The molecule has 1 amide bonds. The number of amides is 1. The maximum absolute atomic E-state index is 12.4. The van der Waals surface area contributed by atoms with Gasteiger partial charge < -0.3 is 10.7 Å². The van der Waals surface area contributed by atoms with Gasteiger partial charge in [-0.2, -0.15) is 0 Å². The van der Waals surface area contributed by atoms with Crippen molar-refractivity contribution in [1.82, 2.24) is 9.97 Å². The summed E-state index contributed by atoms with van der Waals surface area (Å²) in [4.78, 5) is 18.0. The summed E-state index contributed by atoms with van der Waals surface area (Å²) in [6.07, 6.45) is 2.96. The fourth-order valence-electron chi connectivity index (χ4n) is 2.07. The lowest BCUT2D eigenvalue weighted by atomic mass is 10.2. The van der Waals surface area contributed by atoms with Crippen molar-refractivity contribution in [2.24, 2.45) is 5.73 Å². The smallest absolute Gasteiger partial charge is 0.264 e. The van der Waals surface area contributed by atoms with E-state index in [1.54, 1.807) is 18.3 Å². The number of H-pyrrole nitrogens is 1. The molecule has 0 atom stereocenters. The molecular formula is C14H12N4O3S. The highest BCUT2D eigenvalue weighted by Gasteiger charge is 2.19. The zero-order valence-corrected chi connectivity index (χ0v) is 12.1. The molecule has 0 aliphatic heterocycles. The Morgan fingerprint density at radius 2 is 1.91 bits per heavy atom. The molecule has 1 aromatic carbocycles. The molecule has 0 aliphatic rings. The number of primary amides is 1. The third-order valence-corrected chi connectivity index (χ3v) is 4.55. The number of hydrogen-bond donors (Lipinski definition) is 3. The quantitative estimate of drug-likeness (QED) is 0.675. The Balaban J connectivity index is 1.95. The molecule has 0 bridgehead atoms. The first-order valence-corrected chi connectivity index (χ1v) is 7.80. The first-order valence-electron chi connectivity index (χ1n) is 6.32. The molecular weight excluding hydrogens is 304 g/mol. The van der Waals surface area contributed by atoms with Crippen LogP contribution in [0.15, 0.2) is 53.7 Å². The minimum Gasteiger partial charge on any atom is -0.366 e. The first-order chi connectivity index (χ1) is 10.5. The van der Waals surface area contributed by atoms with E-state index in [-0.39, 0.29) is 4.90 Å². The molecule has 3 aromatic rings. The van der Waals surface area contributed by atoms with Gasteiger partial charge in [-0.1, -0.05) is 0 Å². The van der Waals surface area contributed by atoms with E-state index in [9.17, 15) is 13.2 Å². The predicted molar refractivity (Wildman–Crippen MR) is 81.9 cm³/mol. The second-order valence-electron chi connectivity index (χ2n) is 4.60. The number of nitrogens with zero attached hydrogens (tertiary/aromatic N) is 1. The third kappa shape index (κ3) is 2.51. The van der Waals surface area contributed by atoms with Crippen molar-refractivity contribution in [2.45, 2.75) is 4.90 Å². The van der Waals surface area contributed by atoms with Gasteiger partial charge in [-0.25, -0.2) is 13.4 Å².